The largest absolute Gasteiger partial charge is 0.494 e. The molecule has 2 aromatic carbocycles. The maximum atomic E-state index is 16.1. The van der Waals surface area contributed by atoms with E-state index in [4.69, 9.17) is 19.6 Å². The van der Waals surface area contributed by atoms with E-state index >= 15 is 4.39 Å². The van der Waals surface area contributed by atoms with E-state index in [0.29, 0.717) is 60.0 Å². The van der Waals surface area contributed by atoms with E-state index < -0.39 is 5.82 Å². The number of benzene rings is 2. The van der Waals surface area contributed by atoms with Gasteiger partial charge in [0.1, 0.15) is 34.5 Å². The van der Waals surface area contributed by atoms with Gasteiger partial charge in [-0.25, -0.2) is 23.7 Å². The summed E-state index contributed by atoms with van der Waals surface area (Å²) in [7, 11) is 10.4. The van der Waals surface area contributed by atoms with Crippen LogP contribution in [0, 0.1) is 12.7 Å². The molecule has 0 radical (unpaired) electrons. The first-order chi connectivity index (χ1) is 25.7. The number of aromatic nitrogens is 8. The van der Waals surface area contributed by atoms with E-state index in [9.17, 15) is 0 Å². The Morgan fingerprint density at radius 3 is 2.19 bits per heavy atom. The Hall–Kier alpha value is -6.33. The molecule has 6 N–H and O–H groups in total. The van der Waals surface area contributed by atoms with Crippen LogP contribution in [0.1, 0.15) is 28.2 Å². The Kier molecular flexibility index (Phi) is 11.2. The monoisotopic (exact) mass is 722 g/mol. The first-order valence-corrected chi connectivity index (χ1v) is 16.8. The van der Waals surface area contributed by atoms with Crippen molar-refractivity contribution >= 4 is 34.9 Å². The number of methoxy groups -OCH3 is 2. The standard InChI is InChI=1S/C36H43FN14O2/c1-21-12-31(40-4)47-35(43-21)44-24-8-10-29(52-6)28(14-24)50-20-23(18-39-3)27(49-50)13-25-15-32(41-5)48-36(45-25)46-26-9-11-30(53-7)34(33(26)37)51-19-22(16-38-2)17-42-51/h8-12,14-15,17,19-20,38-39H,13,16,18H2,1-7H3,(H2,40,43,44,47)(H2,41,45,46,48). The third-order valence-corrected chi connectivity index (χ3v) is 8.21. The topological polar surface area (TPSA) is 178 Å². The minimum Gasteiger partial charge on any atom is -0.494 e. The fraction of sp³-hybridized carbons (Fsp3) is 0.278. The van der Waals surface area contributed by atoms with Crippen molar-refractivity contribution in [3.8, 4) is 22.9 Å². The van der Waals surface area contributed by atoms with Crippen LogP contribution in [-0.4, -0.2) is 81.9 Å². The molecule has 4 aromatic heterocycles. The summed E-state index contributed by atoms with van der Waals surface area (Å²) in [5.41, 5.74) is 5.90. The molecule has 6 rings (SSSR count). The zero-order valence-corrected chi connectivity index (χ0v) is 30.7. The van der Waals surface area contributed by atoms with Gasteiger partial charge in [-0.15, -0.1) is 0 Å². The quantitative estimate of drug-likeness (QED) is 0.0810. The van der Waals surface area contributed by atoms with Gasteiger partial charge in [-0.1, -0.05) is 0 Å². The van der Waals surface area contributed by atoms with Gasteiger partial charge in [-0.2, -0.15) is 20.2 Å². The fourth-order valence-corrected chi connectivity index (χ4v) is 5.75. The molecule has 4 heterocycles. The van der Waals surface area contributed by atoms with Crippen LogP contribution in [0.5, 0.6) is 11.5 Å². The fourth-order valence-electron chi connectivity index (χ4n) is 5.75. The smallest absolute Gasteiger partial charge is 0.229 e. The number of nitrogens with zero attached hydrogens (tertiary/aromatic N) is 8. The summed E-state index contributed by atoms with van der Waals surface area (Å²) in [5, 5.41) is 28.2. The van der Waals surface area contributed by atoms with Gasteiger partial charge >= 0.3 is 0 Å². The normalized spacial score (nSPS) is 11.0. The summed E-state index contributed by atoms with van der Waals surface area (Å²) in [6.07, 6.45) is 5.74. The molecule has 16 nitrogen and oxygen atoms in total. The molecule has 0 saturated carbocycles. The highest BCUT2D eigenvalue weighted by Crippen LogP contribution is 2.33. The Balaban J connectivity index is 1.31. The van der Waals surface area contributed by atoms with Gasteiger partial charge in [0.2, 0.25) is 11.9 Å². The van der Waals surface area contributed by atoms with Crippen LogP contribution in [0.2, 0.25) is 0 Å². The molecule has 53 heavy (non-hydrogen) atoms. The van der Waals surface area contributed by atoms with Crippen molar-refractivity contribution < 1.29 is 13.9 Å². The van der Waals surface area contributed by atoms with Crippen molar-refractivity contribution in [1.29, 1.82) is 0 Å². The SMILES string of the molecule is CNCc1cnn(-c2c(OC)ccc(Nc3nc(Cc4nn(-c5cc(Nc6nc(C)cc(NC)n6)ccc5OC)cc4CNC)cc(NC)n3)c2F)c1. The van der Waals surface area contributed by atoms with E-state index in [0.717, 1.165) is 28.2 Å². The van der Waals surface area contributed by atoms with Crippen molar-refractivity contribution in [1.82, 2.24) is 50.1 Å². The molecule has 0 atom stereocenters. The average Bonchev–Trinajstić information content (AvgIpc) is 3.79. The number of nitrogens with one attached hydrogen (secondary N) is 6. The van der Waals surface area contributed by atoms with Crippen molar-refractivity contribution in [2.24, 2.45) is 0 Å². The van der Waals surface area contributed by atoms with E-state index in [1.807, 2.05) is 64.6 Å². The van der Waals surface area contributed by atoms with Gasteiger partial charge < -0.3 is 41.4 Å². The van der Waals surface area contributed by atoms with E-state index in [1.54, 1.807) is 43.4 Å². The van der Waals surface area contributed by atoms with Gasteiger partial charge in [0, 0.05) is 80.6 Å². The second-order valence-electron chi connectivity index (χ2n) is 12.0. The first kappa shape index (κ1) is 36.5. The summed E-state index contributed by atoms with van der Waals surface area (Å²) in [6.45, 7) is 3.05. The molecular weight excluding hydrogens is 679 g/mol. The molecule has 0 aliphatic rings. The summed E-state index contributed by atoms with van der Waals surface area (Å²) in [6, 6.07) is 12.6. The Labute approximate surface area is 306 Å². The van der Waals surface area contributed by atoms with Crippen molar-refractivity contribution in [2.75, 3.05) is 63.7 Å². The highest BCUT2D eigenvalue weighted by atomic mass is 19.1. The van der Waals surface area contributed by atoms with Crippen LogP contribution >= 0.6 is 0 Å². The Bertz CT molecular complexity index is 2200. The minimum atomic E-state index is -0.569. The minimum absolute atomic E-state index is 0.157. The molecule has 0 aliphatic carbocycles. The number of rotatable bonds is 16. The van der Waals surface area contributed by atoms with E-state index in [2.05, 4.69) is 52.0 Å². The molecule has 0 aliphatic heterocycles. The van der Waals surface area contributed by atoms with Crippen LogP contribution in [0.4, 0.5) is 39.3 Å². The second-order valence-corrected chi connectivity index (χ2v) is 12.0. The van der Waals surface area contributed by atoms with Crippen molar-refractivity contribution in [2.45, 2.75) is 26.4 Å². The van der Waals surface area contributed by atoms with Crippen LogP contribution in [0.3, 0.4) is 0 Å². The third kappa shape index (κ3) is 8.26. The van der Waals surface area contributed by atoms with Crippen molar-refractivity contribution in [3.05, 3.63) is 95.1 Å². The molecule has 0 saturated heterocycles. The summed E-state index contributed by atoms with van der Waals surface area (Å²) < 4.78 is 30.6. The van der Waals surface area contributed by atoms with Crippen molar-refractivity contribution in [3.63, 3.8) is 0 Å². The number of hydrogen-bond donors (Lipinski definition) is 6. The highest BCUT2D eigenvalue weighted by molar-refractivity contribution is 5.65. The predicted molar refractivity (Wildman–Crippen MR) is 203 cm³/mol. The molecular formula is C36H43FN14O2. The lowest BCUT2D eigenvalue weighted by molar-refractivity contribution is 0.407. The Morgan fingerprint density at radius 1 is 0.755 bits per heavy atom. The van der Waals surface area contributed by atoms with Gasteiger partial charge in [-0.3, -0.25) is 0 Å². The third-order valence-electron chi connectivity index (χ3n) is 8.21. The zero-order valence-electron chi connectivity index (χ0n) is 30.7. The average molecular weight is 723 g/mol. The predicted octanol–water partition coefficient (Wildman–Crippen LogP) is 4.70. The van der Waals surface area contributed by atoms with Gasteiger partial charge in [-0.05, 0) is 51.4 Å². The Morgan fingerprint density at radius 2 is 1.47 bits per heavy atom. The maximum absolute atomic E-state index is 16.1. The second kappa shape index (κ2) is 16.3. The molecule has 276 valence electrons. The number of aryl methyl sites for hydroxylation is 1. The molecule has 0 bridgehead atoms. The first-order valence-electron chi connectivity index (χ1n) is 16.8. The molecule has 0 unspecified atom stereocenters. The van der Waals surface area contributed by atoms with Gasteiger partial charge in [0.05, 0.1) is 37.5 Å². The summed E-state index contributed by atoms with van der Waals surface area (Å²) >= 11 is 0. The summed E-state index contributed by atoms with van der Waals surface area (Å²) in [5.74, 6) is 2.30. The number of ether oxygens (including phenoxy) is 2. The lowest BCUT2D eigenvalue weighted by Gasteiger charge is -2.15. The zero-order chi connectivity index (χ0) is 37.5. The van der Waals surface area contributed by atoms with Crippen LogP contribution < -0.4 is 41.4 Å². The van der Waals surface area contributed by atoms with Gasteiger partial charge in [0.25, 0.3) is 0 Å². The number of anilines is 6. The van der Waals surface area contributed by atoms with Crippen LogP contribution in [0.15, 0.2) is 61.1 Å². The van der Waals surface area contributed by atoms with Crippen LogP contribution in [-0.2, 0) is 19.5 Å². The lowest BCUT2D eigenvalue weighted by Crippen LogP contribution is -2.09. The lowest BCUT2D eigenvalue weighted by atomic mass is 10.1. The maximum Gasteiger partial charge on any atom is 0.229 e. The van der Waals surface area contributed by atoms with Crippen LogP contribution in [0.25, 0.3) is 11.4 Å². The molecule has 6 aromatic rings. The number of hydrogen-bond acceptors (Lipinski definition) is 14. The molecule has 17 heteroatoms. The number of halogens is 1. The summed E-state index contributed by atoms with van der Waals surface area (Å²) in [4.78, 5) is 18.4. The molecule has 0 spiro atoms. The van der Waals surface area contributed by atoms with E-state index in [-0.39, 0.29) is 17.3 Å². The van der Waals surface area contributed by atoms with E-state index in [1.165, 1.54) is 11.8 Å². The van der Waals surface area contributed by atoms with Gasteiger partial charge in [0.15, 0.2) is 5.82 Å². The molecule has 0 amide bonds. The molecule has 0 fully saturated rings. The highest BCUT2D eigenvalue weighted by Gasteiger charge is 2.20.